The lowest BCUT2D eigenvalue weighted by Crippen LogP contribution is -2.22. The van der Waals surface area contributed by atoms with Gasteiger partial charge in [0.1, 0.15) is 0 Å². The summed E-state index contributed by atoms with van der Waals surface area (Å²) in [5.41, 5.74) is 10.8. The van der Waals surface area contributed by atoms with E-state index in [9.17, 15) is 0 Å². The first kappa shape index (κ1) is 33.3. The Hall–Kier alpha value is -4.52. The smallest absolute Gasteiger partial charge is 0.00495 e. The van der Waals surface area contributed by atoms with Crippen LogP contribution in [0.5, 0.6) is 0 Å². The summed E-state index contributed by atoms with van der Waals surface area (Å²) >= 11 is 0. The normalized spacial score (nSPS) is 18.0. The van der Waals surface area contributed by atoms with Crippen molar-refractivity contribution in [2.75, 3.05) is 0 Å². The maximum absolute atomic E-state index is 2.48. The molecule has 0 saturated carbocycles. The maximum Gasteiger partial charge on any atom is -0.00495 e. The van der Waals surface area contributed by atoms with E-state index in [1.807, 2.05) is 0 Å². The lowest BCUT2D eigenvalue weighted by molar-refractivity contribution is 1.65. The van der Waals surface area contributed by atoms with Crippen molar-refractivity contribution in [2.45, 2.75) is 0 Å². The minimum Gasteiger partial charge on any atom is -0.0622 e. The number of hydrogen-bond donors (Lipinski definition) is 0. The van der Waals surface area contributed by atoms with E-state index < -0.39 is 29.2 Å². The highest BCUT2D eigenvalue weighted by Gasteiger charge is 2.55. The Kier molecular flexibility index (Phi) is 9.75. The van der Waals surface area contributed by atoms with Gasteiger partial charge in [0, 0.05) is 0 Å². The Morgan fingerprint density at radius 2 is 0.346 bits per heavy atom. The molecule has 0 spiro atoms. The molecule has 1 aliphatic rings. The van der Waals surface area contributed by atoms with E-state index in [0.717, 1.165) is 0 Å². The minimum atomic E-state index is -0.616. The monoisotopic (exact) mass is 736 g/mol. The molecule has 0 amide bonds. The van der Waals surface area contributed by atoms with Crippen LogP contribution in [0.3, 0.4) is 0 Å². The average molecular weight is 737 g/mol. The lowest BCUT2D eigenvalue weighted by Gasteiger charge is -2.55. The standard InChI is InChI=1S/C48H36P4/c1-5-21-37(22-6-1)41-29-13-17-33-45(41)49-50(46-34-18-14-30-42(46)38-23-7-2-8-24-38)52(48-36-20-16-32-44(48)40-27-11-4-12-28-40)51(49)47-35-19-15-31-43(47)39-25-9-3-10-26-39/h1-36H. The molecule has 0 aliphatic carbocycles. The topological polar surface area (TPSA) is 0 Å². The van der Waals surface area contributed by atoms with Crippen molar-refractivity contribution in [3.63, 3.8) is 0 Å². The summed E-state index contributed by atoms with van der Waals surface area (Å²) in [7, 11) is -2.46. The first-order valence-corrected chi connectivity index (χ1v) is 25.8. The van der Waals surface area contributed by atoms with Crippen molar-refractivity contribution in [1.29, 1.82) is 0 Å². The fourth-order valence-electron chi connectivity index (χ4n) is 7.15. The van der Waals surface area contributed by atoms with Crippen molar-refractivity contribution in [3.8, 4) is 44.5 Å². The zero-order valence-electron chi connectivity index (χ0n) is 28.6. The van der Waals surface area contributed by atoms with Gasteiger partial charge in [-0.25, -0.2) is 0 Å². The number of rotatable bonds is 8. The minimum absolute atomic E-state index is 0.616. The summed E-state index contributed by atoms with van der Waals surface area (Å²) in [5.74, 6) is 0. The van der Waals surface area contributed by atoms with Crippen LogP contribution in [0.2, 0.25) is 0 Å². The van der Waals surface area contributed by atoms with Crippen LogP contribution in [0.25, 0.3) is 44.5 Å². The molecule has 1 saturated heterocycles. The van der Waals surface area contributed by atoms with Crippen LogP contribution in [0.15, 0.2) is 218 Å². The van der Waals surface area contributed by atoms with Gasteiger partial charge < -0.3 is 0 Å². The van der Waals surface area contributed by atoms with Crippen LogP contribution in [-0.2, 0) is 0 Å². The lowest BCUT2D eigenvalue weighted by atomic mass is 10.1. The molecule has 248 valence electrons. The average Bonchev–Trinajstić information content (AvgIpc) is 3.22. The zero-order chi connectivity index (χ0) is 34.7. The van der Waals surface area contributed by atoms with Crippen molar-refractivity contribution in [1.82, 2.24) is 0 Å². The van der Waals surface area contributed by atoms with Gasteiger partial charge in [-0.15, -0.1) is 0 Å². The molecular weight excluding hydrogens is 700 g/mol. The summed E-state index contributed by atoms with van der Waals surface area (Å²) in [6, 6.07) is 81.8. The van der Waals surface area contributed by atoms with Crippen molar-refractivity contribution in [3.05, 3.63) is 218 Å². The molecule has 1 aliphatic heterocycles. The molecule has 0 aromatic heterocycles. The third-order valence-corrected chi connectivity index (χ3v) is 41.7. The predicted molar refractivity (Wildman–Crippen MR) is 234 cm³/mol. The molecule has 0 N–H and O–H groups in total. The predicted octanol–water partition coefficient (Wildman–Crippen LogP) is 13.6. The first-order chi connectivity index (χ1) is 25.9. The summed E-state index contributed by atoms with van der Waals surface area (Å²) in [6.07, 6.45) is 0. The van der Waals surface area contributed by atoms with Gasteiger partial charge in [0.15, 0.2) is 0 Å². The van der Waals surface area contributed by atoms with Crippen LogP contribution >= 0.6 is 29.2 Å². The van der Waals surface area contributed by atoms with Crippen molar-refractivity contribution >= 4 is 50.4 Å². The SMILES string of the molecule is c1ccc(-c2ccccc2P2P(c3ccccc3-c3ccccc3)P(c3ccccc3-c3ccccc3)P2c2ccccc2-c2ccccc2)cc1. The molecule has 0 bridgehead atoms. The highest BCUT2D eigenvalue weighted by molar-refractivity contribution is 9.13. The van der Waals surface area contributed by atoms with Gasteiger partial charge in [-0.2, -0.15) is 0 Å². The Balaban J connectivity index is 1.35. The van der Waals surface area contributed by atoms with Crippen molar-refractivity contribution in [2.24, 2.45) is 0 Å². The quantitative estimate of drug-likeness (QED) is 0.136. The van der Waals surface area contributed by atoms with E-state index >= 15 is 0 Å². The third-order valence-electron chi connectivity index (χ3n) is 9.54. The molecule has 1 heterocycles. The van der Waals surface area contributed by atoms with Crippen molar-refractivity contribution < 1.29 is 0 Å². The molecule has 8 aromatic rings. The van der Waals surface area contributed by atoms with Gasteiger partial charge >= 0.3 is 0 Å². The summed E-state index contributed by atoms with van der Waals surface area (Å²) < 4.78 is 0. The van der Waals surface area contributed by atoms with Gasteiger partial charge in [-0.05, 0) is 94.9 Å². The van der Waals surface area contributed by atoms with E-state index in [2.05, 4.69) is 218 Å². The van der Waals surface area contributed by atoms with Crippen LogP contribution in [-0.4, -0.2) is 0 Å². The fourth-order valence-corrected chi connectivity index (χ4v) is 45.7. The van der Waals surface area contributed by atoms with E-state index in [4.69, 9.17) is 0 Å². The van der Waals surface area contributed by atoms with Crippen LogP contribution < -0.4 is 21.2 Å². The molecule has 0 radical (unpaired) electrons. The van der Waals surface area contributed by atoms with Crippen LogP contribution in [0, 0.1) is 0 Å². The first-order valence-electron chi connectivity index (χ1n) is 17.6. The third kappa shape index (κ3) is 6.30. The Bertz CT molecular complexity index is 2080. The second-order valence-electron chi connectivity index (χ2n) is 12.7. The zero-order valence-corrected chi connectivity index (χ0v) is 32.2. The Morgan fingerprint density at radius 3 is 0.558 bits per heavy atom. The molecule has 0 atom stereocenters. The highest BCUT2D eigenvalue weighted by atomic mass is 33.0. The van der Waals surface area contributed by atoms with E-state index in [-0.39, 0.29) is 0 Å². The molecule has 0 unspecified atom stereocenters. The Labute approximate surface area is 311 Å². The van der Waals surface area contributed by atoms with Gasteiger partial charge in [0.2, 0.25) is 0 Å². The van der Waals surface area contributed by atoms with Crippen LogP contribution in [0.4, 0.5) is 0 Å². The van der Waals surface area contributed by atoms with Gasteiger partial charge in [0.05, 0.1) is 0 Å². The largest absolute Gasteiger partial charge is 0.0622 e. The van der Waals surface area contributed by atoms with E-state index in [1.54, 1.807) is 21.2 Å². The molecule has 1 fully saturated rings. The fraction of sp³-hybridized carbons (Fsp3) is 0. The highest BCUT2D eigenvalue weighted by Crippen LogP contribution is 3.18. The summed E-state index contributed by atoms with van der Waals surface area (Å²) in [6.45, 7) is 0. The second-order valence-corrected chi connectivity index (χ2v) is 30.3. The molecule has 52 heavy (non-hydrogen) atoms. The van der Waals surface area contributed by atoms with E-state index in [0.29, 0.717) is 0 Å². The Morgan fingerprint density at radius 1 is 0.173 bits per heavy atom. The number of hydrogen-bond acceptors (Lipinski definition) is 0. The molecule has 9 rings (SSSR count). The molecular formula is C48H36P4. The molecule has 0 nitrogen and oxygen atoms in total. The van der Waals surface area contributed by atoms with Crippen LogP contribution in [0.1, 0.15) is 0 Å². The molecule has 4 heteroatoms. The van der Waals surface area contributed by atoms with Gasteiger partial charge in [-0.3, -0.25) is 0 Å². The summed E-state index contributed by atoms with van der Waals surface area (Å²) in [5, 5.41) is 6.18. The van der Waals surface area contributed by atoms with Gasteiger partial charge in [-0.1, -0.05) is 218 Å². The maximum atomic E-state index is 2.48. The molecule has 8 aromatic carbocycles. The van der Waals surface area contributed by atoms with Gasteiger partial charge in [0.25, 0.3) is 0 Å². The number of benzene rings is 8. The van der Waals surface area contributed by atoms with E-state index in [1.165, 1.54) is 44.5 Å². The summed E-state index contributed by atoms with van der Waals surface area (Å²) in [4.78, 5) is 0. The second kappa shape index (κ2) is 15.2.